The van der Waals surface area contributed by atoms with Crippen molar-refractivity contribution >= 4 is 37.5 Å². The summed E-state index contributed by atoms with van der Waals surface area (Å²) in [5.74, 6) is -0.0666. The Morgan fingerprint density at radius 3 is 2.20 bits per heavy atom. The van der Waals surface area contributed by atoms with Crippen molar-refractivity contribution in [1.29, 1.82) is 0 Å². The van der Waals surface area contributed by atoms with Gasteiger partial charge in [-0.2, -0.15) is 4.31 Å². The van der Waals surface area contributed by atoms with Gasteiger partial charge < -0.3 is 9.80 Å². The van der Waals surface area contributed by atoms with E-state index in [0.717, 1.165) is 36.1 Å². The molecule has 1 unspecified atom stereocenters. The number of sulfonamides is 1. The van der Waals surface area contributed by atoms with E-state index in [1.807, 2.05) is 23.1 Å². The number of para-hydroxylation sites is 1. The highest BCUT2D eigenvalue weighted by Gasteiger charge is 2.40. The molecule has 0 N–H and O–H groups in total. The molecule has 2 fully saturated rings. The third kappa shape index (κ3) is 4.40. The number of piperazine rings is 1. The van der Waals surface area contributed by atoms with E-state index in [2.05, 4.69) is 33.0 Å². The van der Waals surface area contributed by atoms with Gasteiger partial charge in [-0.1, -0.05) is 40.5 Å². The second kappa shape index (κ2) is 9.08. The highest BCUT2D eigenvalue weighted by atomic mass is 79.9. The molecule has 4 rings (SSSR count). The zero-order valence-electron chi connectivity index (χ0n) is 16.8. The molecule has 0 bridgehead atoms. The van der Waals surface area contributed by atoms with Crippen LogP contribution in [0.2, 0.25) is 0 Å². The zero-order valence-corrected chi connectivity index (χ0v) is 19.2. The molecule has 160 valence electrons. The van der Waals surface area contributed by atoms with Crippen LogP contribution in [0.25, 0.3) is 0 Å². The summed E-state index contributed by atoms with van der Waals surface area (Å²) in [5.41, 5.74) is 1.15. The molecule has 2 heterocycles. The number of carbonyl (C=O) groups is 1. The number of piperidine rings is 1. The Kier molecular flexibility index (Phi) is 6.46. The maximum atomic E-state index is 13.3. The third-order valence-electron chi connectivity index (χ3n) is 5.87. The third-order valence-corrected chi connectivity index (χ3v) is 8.32. The van der Waals surface area contributed by atoms with Gasteiger partial charge in [0.05, 0.1) is 4.90 Å². The summed E-state index contributed by atoms with van der Waals surface area (Å²) in [7, 11) is -3.71. The van der Waals surface area contributed by atoms with Crippen molar-refractivity contribution in [3.63, 3.8) is 0 Å². The Labute approximate surface area is 186 Å². The number of amides is 1. The fourth-order valence-corrected chi connectivity index (χ4v) is 6.13. The largest absolute Gasteiger partial charge is 0.368 e. The molecule has 2 aromatic carbocycles. The van der Waals surface area contributed by atoms with E-state index in [-0.39, 0.29) is 10.8 Å². The van der Waals surface area contributed by atoms with Crippen LogP contribution in [-0.2, 0) is 14.8 Å². The van der Waals surface area contributed by atoms with Crippen molar-refractivity contribution in [3.05, 3.63) is 59.1 Å². The Balaban J connectivity index is 1.48. The zero-order chi connectivity index (χ0) is 21.1. The summed E-state index contributed by atoms with van der Waals surface area (Å²) in [6.07, 6.45) is 2.22. The standard InChI is InChI=1S/C22H26BrN3O3S/c23-18-9-11-20(12-10-18)30(28,29)26-13-5-4-8-21(26)22(27)25-16-14-24(15-17-25)19-6-2-1-3-7-19/h1-3,6-7,9-12,21H,4-5,8,13-17H2. The molecule has 2 aromatic rings. The molecule has 1 amide bonds. The molecule has 8 heteroatoms. The Bertz CT molecular complexity index is 974. The first-order chi connectivity index (χ1) is 14.5. The molecule has 0 aliphatic carbocycles. The number of nitrogens with zero attached hydrogens (tertiary/aromatic N) is 3. The smallest absolute Gasteiger partial charge is 0.243 e. The Morgan fingerprint density at radius 1 is 0.867 bits per heavy atom. The first kappa shape index (κ1) is 21.3. The molecule has 6 nitrogen and oxygen atoms in total. The van der Waals surface area contributed by atoms with E-state index < -0.39 is 16.1 Å². The van der Waals surface area contributed by atoms with Gasteiger partial charge in [0.1, 0.15) is 6.04 Å². The highest BCUT2D eigenvalue weighted by Crippen LogP contribution is 2.28. The van der Waals surface area contributed by atoms with Crippen LogP contribution in [-0.4, -0.2) is 62.3 Å². The van der Waals surface area contributed by atoms with Gasteiger partial charge in [-0.25, -0.2) is 8.42 Å². The topological polar surface area (TPSA) is 60.9 Å². The lowest BCUT2D eigenvalue weighted by atomic mass is 10.0. The van der Waals surface area contributed by atoms with E-state index >= 15 is 0 Å². The number of halogens is 1. The maximum absolute atomic E-state index is 13.3. The molecular weight excluding hydrogens is 466 g/mol. The normalized spacial score (nSPS) is 20.9. The fourth-order valence-electron chi connectivity index (χ4n) is 4.22. The van der Waals surface area contributed by atoms with Crippen LogP contribution in [0.15, 0.2) is 64.0 Å². The first-order valence-electron chi connectivity index (χ1n) is 10.3. The molecule has 1 atom stereocenters. The average molecular weight is 492 g/mol. The van der Waals surface area contributed by atoms with Crippen molar-refractivity contribution < 1.29 is 13.2 Å². The maximum Gasteiger partial charge on any atom is 0.243 e. The van der Waals surface area contributed by atoms with Gasteiger partial charge >= 0.3 is 0 Å². The van der Waals surface area contributed by atoms with Gasteiger partial charge in [0, 0.05) is 42.9 Å². The van der Waals surface area contributed by atoms with Gasteiger partial charge in [0.2, 0.25) is 15.9 Å². The molecule has 30 heavy (non-hydrogen) atoms. The second-order valence-electron chi connectivity index (χ2n) is 7.73. The van der Waals surface area contributed by atoms with Gasteiger partial charge in [0.25, 0.3) is 0 Å². The van der Waals surface area contributed by atoms with Crippen molar-refractivity contribution in [1.82, 2.24) is 9.21 Å². The predicted octanol–water partition coefficient (Wildman–Crippen LogP) is 3.34. The monoisotopic (exact) mass is 491 g/mol. The van der Waals surface area contributed by atoms with Gasteiger partial charge in [0.15, 0.2) is 0 Å². The lowest BCUT2D eigenvalue weighted by Crippen LogP contribution is -2.57. The van der Waals surface area contributed by atoms with Crippen LogP contribution in [0, 0.1) is 0 Å². The SMILES string of the molecule is O=C(C1CCCCN1S(=O)(=O)c1ccc(Br)cc1)N1CCN(c2ccccc2)CC1. The van der Waals surface area contributed by atoms with Crippen molar-refractivity contribution in [2.75, 3.05) is 37.6 Å². The molecule has 0 aromatic heterocycles. The summed E-state index contributed by atoms with van der Waals surface area (Å²) in [5, 5.41) is 0. The van der Waals surface area contributed by atoms with Gasteiger partial charge in [-0.15, -0.1) is 0 Å². The van der Waals surface area contributed by atoms with Crippen molar-refractivity contribution in [2.45, 2.75) is 30.2 Å². The quantitative estimate of drug-likeness (QED) is 0.657. The summed E-state index contributed by atoms with van der Waals surface area (Å²) in [6.45, 7) is 3.11. The molecule has 0 spiro atoms. The highest BCUT2D eigenvalue weighted by molar-refractivity contribution is 9.10. The van der Waals surface area contributed by atoms with Gasteiger partial charge in [-0.05, 0) is 49.2 Å². The van der Waals surface area contributed by atoms with Crippen LogP contribution in [0.1, 0.15) is 19.3 Å². The van der Waals surface area contributed by atoms with Crippen LogP contribution < -0.4 is 4.90 Å². The molecule has 0 saturated carbocycles. The Morgan fingerprint density at radius 2 is 1.53 bits per heavy atom. The summed E-state index contributed by atoms with van der Waals surface area (Å²) in [6, 6.07) is 16.2. The molecule has 2 aliphatic rings. The van der Waals surface area contributed by atoms with Crippen molar-refractivity contribution in [3.8, 4) is 0 Å². The molecule has 2 saturated heterocycles. The predicted molar refractivity (Wildman–Crippen MR) is 121 cm³/mol. The first-order valence-corrected chi connectivity index (χ1v) is 12.6. The fraction of sp³-hybridized carbons (Fsp3) is 0.409. The second-order valence-corrected chi connectivity index (χ2v) is 10.5. The Hall–Kier alpha value is -1.90. The van der Waals surface area contributed by atoms with E-state index in [4.69, 9.17) is 0 Å². The summed E-state index contributed by atoms with van der Waals surface area (Å²) < 4.78 is 28.8. The number of hydrogen-bond donors (Lipinski definition) is 0. The number of carbonyl (C=O) groups excluding carboxylic acids is 1. The molecular formula is C22H26BrN3O3S. The molecule has 2 aliphatic heterocycles. The number of benzene rings is 2. The van der Waals surface area contributed by atoms with Crippen LogP contribution in [0.3, 0.4) is 0 Å². The van der Waals surface area contributed by atoms with E-state index in [0.29, 0.717) is 26.1 Å². The minimum Gasteiger partial charge on any atom is -0.368 e. The number of rotatable bonds is 4. The van der Waals surface area contributed by atoms with Crippen LogP contribution >= 0.6 is 15.9 Å². The molecule has 0 radical (unpaired) electrons. The number of hydrogen-bond acceptors (Lipinski definition) is 4. The van der Waals surface area contributed by atoms with E-state index in [9.17, 15) is 13.2 Å². The van der Waals surface area contributed by atoms with E-state index in [1.54, 1.807) is 24.3 Å². The van der Waals surface area contributed by atoms with Crippen LogP contribution in [0.5, 0.6) is 0 Å². The lowest BCUT2D eigenvalue weighted by molar-refractivity contribution is -0.136. The summed E-state index contributed by atoms with van der Waals surface area (Å²) >= 11 is 3.34. The van der Waals surface area contributed by atoms with Crippen molar-refractivity contribution in [2.24, 2.45) is 0 Å². The van der Waals surface area contributed by atoms with Gasteiger partial charge in [-0.3, -0.25) is 4.79 Å². The van der Waals surface area contributed by atoms with E-state index in [1.165, 1.54) is 4.31 Å². The average Bonchev–Trinajstić information content (AvgIpc) is 2.79. The number of anilines is 1. The van der Waals surface area contributed by atoms with Crippen LogP contribution in [0.4, 0.5) is 5.69 Å². The minimum absolute atomic E-state index is 0.0666. The summed E-state index contributed by atoms with van der Waals surface area (Å²) in [4.78, 5) is 17.7. The minimum atomic E-state index is -3.71. The lowest BCUT2D eigenvalue weighted by Gasteiger charge is -2.40.